The van der Waals surface area contributed by atoms with Crippen LogP contribution in [0.1, 0.15) is 28.9 Å². The lowest BCUT2D eigenvalue weighted by molar-refractivity contribution is -0.125. The number of carbonyl (C=O) groups excluding carboxylic acids is 2. The van der Waals surface area contributed by atoms with E-state index in [0.717, 1.165) is 22.7 Å². The first kappa shape index (κ1) is 18.3. The third-order valence-electron chi connectivity index (χ3n) is 4.74. The van der Waals surface area contributed by atoms with Crippen LogP contribution in [0.15, 0.2) is 60.2 Å². The van der Waals surface area contributed by atoms with Crippen LogP contribution < -0.4 is 5.32 Å². The van der Waals surface area contributed by atoms with Crippen LogP contribution in [0.5, 0.6) is 0 Å². The van der Waals surface area contributed by atoms with E-state index in [2.05, 4.69) is 15.3 Å². The van der Waals surface area contributed by atoms with Gasteiger partial charge in [0.25, 0.3) is 5.91 Å². The van der Waals surface area contributed by atoms with Crippen molar-refractivity contribution in [1.29, 1.82) is 0 Å². The van der Waals surface area contributed by atoms with Crippen molar-refractivity contribution in [3.05, 3.63) is 71.5 Å². The molecule has 1 N–H and O–H groups in total. The maximum absolute atomic E-state index is 12.7. The molecule has 0 saturated carbocycles. The molecule has 28 heavy (non-hydrogen) atoms. The molecule has 1 aromatic carbocycles. The van der Waals surface area contributed by atoms with Crippen LogP contribution in [0.3, 0.4) is 0 Å². The van der Waals surface area contributed by atoms with E-state index >= 15 is 0 Å². The summed E-state index contributed by atoms with van der Waals surface area (Å²) in [5, 5.41) is 5.82. The first-order valence-corrected chi connectivity index (χ1v) is 10.1. The minimum atomic E-state index is -0.445. The van der Waals surface area contributed by atoms with Gasteiger partial charge in [0.2, 0.25) is 5.91 Å². The lowest BCUT2D eigenvalue weighted by Gasteiger charge is -2.23. The van der Waals surface area contributed by atoms with Gasteiger partial charge in [-0.1, -0.05) is 30.3 Å². The number of carbonyl (C=O) groups is 2. The minimum absolute atomic E-state index is 0.135. The molecular weight excluding hydrogens is 372 g/mol. The summed E-state index contributed by atoms with van der Waals surface area (Å²) in [4.78, 5) is 35.6. The van der Waals surface area contributed by atoms with Crippen molar-refractivity contribution in [2.24, 2.45) is 0 Å². The highest BCUT2D eigenvalue weighted by molar-refractivity contribution is 7.13. The Hall–Kier alpha value is -3.06. The fraction of sp³-hybridized carbons (Fsp3) is 0.238. The van der Waals surface area contributed by atoms with Crippen LogP contribution in [-0.2, 0) is 11.3 Å². The van der Waals surface area contributed by atoms with Gasteiger partial charge < -0.3 is 10.2 Å². The van der Waals surface area contributed by atoms with Gasteiger partial charge in [-0.05, 0) is 25.0 Å². The molecular formula is C21H20N4O2S. The van der Waals surface area contributed by atoms with E-state index in [1.165, 1.54) is 6.20 Å². The number of aromatic nitrogens is 2. The average Bonchev–Trinajstić information content (AvgIpc) is 3.43. The number of pyridine rings is 1. The highest BCUT2D eigenvalue weighted by Crippen LogP contribution is 2.24. The second-order valence-electron chi connectivity index (χ2n) is 6.63. The van der Waals surface area contributed by atoms with Gasteiger partial charge in [0.05, 0.1) is 17.8 Å². The lowest BCUT2D eigenvalue weighted by atomic mass is 10.2. The number of amides is 2. The predicted octanol–water partition coefficient (Wildman–Crippen LogP) is 3.13. The highest BCUT2D eigenvalue weighted by Gasteiger charge is 2.34. The summed E-state index contributed by atoms with van der Waals surface area (Å²) in [6, 6.07) is 13.0. The molecule has 1 aliphatic rings. The molecule has 2 amide bonds. The van der Waals surface area contributed by atoms with Gasteiger partial charge in [-0.15, -0.1) is 11.3 Å². The Bertz CT molecular complexity index is 959. The summed E-state index contributed by atoms with van der Waals surface area (Å²) in [6.45, 7) is 0.939. The van der Waals surface area contributed by atoms with Crippen LogP contribution in [0.4, 0.5) is 0 Å². The van der Waals surface area contributed by atoms with E-state index in [4.69, 9.17) is 0 Å². The van der Waals surface area contributed by atoms with Crippen molar-refractivity contribution >= 4 is 23.2 Å². The molecule has 3 aromatic rings. The smallest absolute Gasteiger partial charge is 0.256 e. The van der Waals surface area contributed by atoms with Crippen LogP contribution in [0.25, 0.3) is 10.6 Å². The molecule has 1 aliphatic heterocycles. The maximum Gasteiger partial charge on any atom is 0.256 e. The Morgan fingerprint density at radius 2 is 2.04 bits per heavy atom. The number of nitrogens with zero attached hydrogens (tertiary/aromatic N) is 3. The quantitative estimate of drug-likeness (QED) is 0.724. The Kier molecular flexibility index (Phi) is 5.43. The number of thiazole rings is 1. The largest absolute Gasteiger partial charge is 0.349 e. The van der Waals surface area contributed by atoms with Gasteiger partial charge in [-0.25, -0.2) is 4.98 Å². The van der Waals surface area contributed by atoms with Crippen molar-refractivity contribution in [3.8, 4) is 10.6 Å². The van der Waals surface area contributed by atoms with E-state index in [-0.39, 0.29) is 11.8 Å². The van der Waals surface area contributed by atoms with Crippen molar-refractivity contribution in [2.45, 2.75) is 25.4 Å². The van der Waals surface area contributed by atoms with E-state index in [1.54, 1.807) is 34.6 Å². The molecule has 0 bridgehead atoms. The van der Waals surface area contributed by atoms with Crippen molar-refractivity contribution in [3.63, 3.8) is 0 Å². The SMILES string of the molecule is O=C(NCc1csc(-c2ccccc2)n1)C1CCCN1C(=O)c1cccnc1. The van der Waals surface area contributed by atoms with Crippen molar-refractivity contribution < 1.29 is 9.59 Å². The van der Waals surface area contributed by atoms with E-state index in [0.29, 0.717) is 25.1 Å². The number of hydrogen-bond donors (Lipinski definition) is 1. The summed E-state index contributed by atoms with van der Waals surface area (Å²) in [6.07, 6.45) is 4.65. The zero-order chi connectivity index (χ0) is 19.3. The highest BCUT2D eigenvalue weighted by atomic mass is 32.1. The van der Waals surface area contributed by atoms with Crippen molar-refractivity contribution in [1.82, 2.24) is 20.2 Å². The molecule has 0 aliphatic carbocycles. The number of hydrogen-bond acceptors (Lipinski definition) is 5. The Balaban J connectivity index is 1.38. The molecule has 1 atom stereocenters. The first-order chi connectivity index (χ1) is 13.7. The van der Waals surface area contributed by atoms with E-state index in [9.17, 15) is 9.59 Å². The van der Waals surface area contributed by atoms with Gasteiger partial charge >= 0.3 is 0 Å². The van der Waals surface area contributed by atoms with Crippen LogP contribution in [0.2, 0.25) is 0 Å². The minimum Gasteiger partial charge on any atom is -0.349 e. The van der Waals surface area contributed by atoms with Crippen LogP contribution >= 0.6 is 11.3 Å². The monoisotopic (exact) mass is 392 g/mol. The van der Waals surface area contributed by atoms with Gasteiger partial charge in [-0.2, -0.15) is 0 Å². The standard InChI is InChI=1S/C21H20N4O2S/c26-19(18-9-5-11-25(18)21(27)16-8-4-10-22-12-16)23-13-17-14-28-20(24-17)15-6-2-1-3-7-15/h1-4,6-8,10,12,14,18H,5,9,11,13H2,(H,23,26). The summed E-state index contributed by atoms with van der Waals surface area (Å²) < 4.78 is 0. The number of nitrogens with one attached hydrogen (secondary N) is 1. The van der Waals surface area contributed by atoms with E-state index in [1.807, 2.05) is 35.7 Å². The fourth-order valence-electron chi connectivity index (χ4n) is 3.33. The summed E-state index contributed by atoms with van der Waals surface area (Å²) in [5.74, 6) is -0.283. The molecule has 3 heterocycles. The summed E-state index contributed by atoms with van der Waals surface area (Å²) in [7, 11) is 0. The molecule has 1 fully saturated rings. The zero-order valence-corrected chi connectivity index (χ0v) is 16.1. The van der Waals surface area contributed by atoms with Crippen molar-refractivity contribution in [2.75, 3.05) is 6.54 Å². The third kappa shape index (κ3) is 3.94. The first-order valence-electron chi connectivity index (χ1n) is 9.21. The van der Waals surface area contributed by atoms with Gasteiger partial charge in [0.15, 0.2) is 0 Å². The molecule has 0 radical (unpaired) electrons. The molecule has 1 unspecified atom stereocenters. The zero-order valence-electron chi connectivity index (χ0n) is 15.2. The second-order valence-corrected chi connectivity index (χ2v) is 7.48. The Morgan fingerprint density at radius 3 is 2.82 bits per heavy atom. The molecule has 7 heteroatoms. The number of rotatable bonds is 5. The van der Waals surface area contributed by atoms with E-state index < -0.39 is 6.04 Å². The Labute approximate surface area is 167 Å². The van der Waals surface area contributed by atoms with Gasteiger partial charge in [0, 0.05) is 29.9 Å². The molecule has 142 valence electrons. The van der Waals surface area contributed by atoms with Gasteiger partial charge in [-0.3, -0.25) is 14.6 Å². The maximum atomic E-state index is 12.7. The number of likely N-dealkylation sites (tertiary alicyclic amines) is 1. The third-order valence-corrected chi connectivity index (χ3v) is 5.68. The average molecular weight is 392 g/mol. The second kappa shape index (κ2) is 8.31. The van der Waals surface area contributed by atoms with Gasteiger partial charge in [0.1, 0.15) is 11.0 Å². The molecule has 1 saturated heterocycles. The molecule has 4 rings (SSSR count). The predicted molar refractivity (Wildman–Crippen MR) is 108 cm³/mol. The molecule has 6 nitrogen and oxygen atoms in total. The van der Waals surface area contributed by atoms with Crippen LogP contribution in [0, 0.1) is 0 Å². The Morgan fingerprint density at radius 1 is 1.18 bits per heavy atom. The number of benzene rings is 1. The topological polar surface area (TPSA) is 75.2 Å². The molecule has 0 spiro atoms. The summed E-state index contributed by atoms with van der Waals surface area (Å²) in [5.41, 5.74) is 2.39. The normalized spacial score (nSPS) is 16.1. The summed E-state index contributed by atoms with van der Waals surface area (Å²) >= 11 is 1.56. The van der Waals surface area contributed by atoms with Crippen LogP contribution in [-0.4, -0.2) is 39.3 Å². The lowest BCUT2D eigenvalue weighted by Crippen LogP contribution is -2.45. The fourth-order valence-corrected chi connectivity index (χ4v) is 4.16. The molecule has 2 aromatic heterocycles.